The molecule has 0 bridgehead atoms. The van der Waals surface area contributed by atoms with Crippen molar-refractivity contribution >= 4 is 11.5 Å². The number of carboxylic acid groups (broad SMARTS) is 1. The molecule has 0 aromatic heterocycles. The normalized spacial score (nSPS) is 11.0. The molecule has 25 heavy (non-hydrogen) atoms. The monoisotopic (exact) mass is 344 g/mol. The van der Waals surface area contributed by atoms with Crippen LogP contribution in [0.5, 0.6) is 23.0 Å². The van der Waals surface area contributed by atoms with Gasteiger partial charge in [-0.3, -0.25) is 0 Å². The van der Waals surface area contributed by atoms with Gasteiger partial charge in [0.2, 0.25) is 5.75 Å². The Morgan fingerprint density at radius 3 is 1.80 bits per heavy atom. The summed E-state index contributed by atoms with van der Waals surface area (Å²) < 4.78 is 21.1. The van der Waals surface area contributed by atoms with Gasteiger partial charge in [0, 0.05) is 6.08 Å². The van der Waals surface area contributed by atoms with E-state index in [0.717, 1.165) is 11.6 Å². The molecule has 0 amide bonds. The lowest BCUT2D eigenvalue weighted by Gasteiger charge is -2.16. The summed E-state index contributed by atoms with van der Waals surface area (Å²) in [5.41, 5.74) is 1.86. The lowest BCUT2D eigenvalue weighted by Crippen LogP contribution is -1.99. The van der Waals surface area contributed by atoms with Gasteiger partial charge in [0.25, 0.3) is 0 Å². The van der Waals surface area contributed by atoms with E-state index in [2.05, 4.69) is 0 Å². The number of aliphatic carboxylic acids is 1. The summed E-state index contributed by atoms with van der Waals surface area (Å²) in [4.78, 5) is 11.3. The third-order valence-corrected chi connectivity index (χ3v) is 3.64. The van der Waals surface area contributed by atoms with E-state index in [-0.39, 0.29) is 0 Å². The molecule has 0 radical (unpaired) electrons. The number of carbonyl (C=O) groups is 1. The quantitative estimate of drug-likeness (QED) is 0.777. The van der Waals surface area contributed by atoms with Gasteiger partial charge < -0.3 is 24.1 Å². The van der Waals surface area contributed by atoms with Gasteiger partial charge in [0.1, 0.15) is 5.75 Å². The number of rotatable bonds is 7. The fourth-order valence-electron chi connectivity index (χ4n) is 2.46. The van der Waals surface area contributed by atoms with Crippen molar-refractivity contribution in [3.8, 4) is 23.0 Å². The Kier molecular flexibility index (Phi) is 5.89. The highest BCUT2D eigenvalue weighted by Gasteiger charge is 2.17. The van der Waals surface area contributed by atoms with Crippen molar-refractivity contribution < 1.29 is 28.8 Å². The number of carboxylic acids is 1. The molecule has 132 valence electrons. The van der Waals surface area contributed by atoms with Crippen LogP contribution in [0.2, 0.25) is 0 Å². The average molecular weight is 344 g/mol. The molecule has 0 aliphatic heterocycles. The molecule has 2 aromatic rings. The van der Waals surface area contributed by atoms with Crippen LogP contribution in [0.3, 0.4) is 0 Å². The standard InChI is InChI=1S/C19H20O6/c1-22-14-7-5-12(6-8-14)15(11-18(20)21)13-9-16(23-2)19(25-4)17(10-13)24-3/h5-11H,1-4H3,(H,20,21)/b15-11-. The number of benzene rings is 2. The highest BCUT2D eigenvalue weighted by Crippen LogP contribution is 2.41. The number of methoxy groups -OCH3 is 4. The first-order valence-corrected chi connectivity index (χ1v) is 7.43. The van der Waals surface area contributed by atoms with Crippen LogP contribution < -0.4 is 18.9 Å². The van der Waals surface area contributed by atoms with E-state index in [0.29, 0.717) is 34.1 Å². The van der Waals surface area contributed by atoms with Crippen LogP contribution in [-0.4, -0.2) is 39.5 Å². The van der Waals surface area contributed by atoms with Gasteiger partial charge in [-0.1, -0.05) is 12.1 Å². The highest BCUT2D eigenvalue weighted by molar-refractivity contribution is 5.96. The summed E-state index contributed by atoms with van der Waals surface area (Å²) in [6, 6.07) is 10.5. The fraction of sp³-hybridized carbons (Fsp3) is 0.211. The molecule has 2 aromatic carbocycles. The molecule has 6 heteroatoms. The maximum absolute atomic E-state index is 11.3. The van der Waals surface area contributed by atoms with Crippen LogP contribution in [-0.2, 0) is 4.79 Å². The first-order valence-electron chi connectivity index (χ1n) is 7.43. The third kappa shape index (κ3) is 4.03. The Morgan fingerprint density at radius 1 is 0.840 bits per heavy atom. The van der Waals surface area contributed by atoms with Gasteiger partial charge in [-0.15, -0.1) is 0 Å². The predicted octanol–water partition coefficient (Wildman–Crippen LogP) is 3.24. The summed E-state index contributed by atoms with van der Waals surface area (Å²) >= 11 is 0. The Morgan fingerprint density at radius 2 is 1.40 bits per heavy atom. The van der Waals surface area contributed by atoms with Crippen LogP contribution in [0.1, 0.15) is 11.1 Å². The molecule has 1 N–H and O–H groups in total. The van der Waals surface area contributed by atoms with Crippen molar-refractivity contribution in [2.75, 3.05) is 28.4 Å². The van der Waals surface area contributed by atoms with E-state index in [4.69, 9.17) is 18.9 Å². The molecular weight excluding hydrogens is 324 g/mol. The maximum Gasteiger partial charge on any atom is 0.328 e. The van der Waals surface area contributed by atoms with Gasteiger partial charge >= 0.3 is 5.97 Å². The van der Waals surface area contributed by atoms with E-state index in [1.165, 1.54) is 21.3 Å². The average Bonchev–Trinajstić information content (AvgIpc) is 2.64. The Labute approximate surface area is 146 Å². The summed E-state index contributed by atoms with van der Waals surface area (Å²) in [5.74, 6) is 0.962. The molecule has 6 nitrogen and oxygen atoms in total. The summed E-state index contributed by atoms with van der Waals surface area (Å²) in [6.07, 6.45) is 1.14. The van der Waals surface area contributed by atoms with Crippen LogP contribution >= 0.6 is 0 Å². The van der Waals surface area contributed by atoms with Crippen molar-refractivity contribution in [1.82, 2.24) is 0 Å². The lowest BCUT2D eigenvalue weighted by atomic mass is 9.96. The molecular formula is C19H20O6. The van der Waals surface area contributed by atoms with Crippen LogP contribution in [0.25, 0.3) is 5.57 Å². The van der Waals surface area contributed by atoms with Gasteiger partial charge in [0.15, 0.2) is 11.5 Å². The van der Waals surface area contributed by atoms with Crippen molar-refractivity contribution in [3.05, 3.63) is 53.6 Å². The Hall–Kier alpha value is -3.15. The largest absolute Gasteiger partial charge is 0.497 e. The van der Waals surface area contributed by atoms with Crippen LogP contribution in [0, 0.1) is 0 Å². The number of hydrogen-bond donors (Lipinski definition) is 1. The molecule has 0 fully saturated rings. The number of ether oxygens (including phenoxy) is 4. The molecule has 0 saturated carbocycles. The van der Waals surface area contributed by atoms with Gasteiger partial charge in [-0.25, -0.2) is 4.79 Å². The molecule has 2 rings (SSSR count). The van der Waals surface area contributed by atoms with E-state index in [1.54, 1.807) is 43.5 Å². The SMILES string of the molecule is COc1ccc(/C(=C/C(=O)O)c2cc(OC)c(OC)c(OC)c2)cc1. The van der Waals surface area contributed by atoms with Crippen LogP contribution in [0.15, 0.2) is 42.5 Å². The smallest absolute Gasteiger partial charge is 0.328 e. The molecule has 0 heterocycles. The van der Waals surface area contributed by atoms with Crippen molar-refractivity contribution in [3.63, 3.8) is 0 Å². The zero-order valence-corrected chi connectivity index (χ0v) is 14.5. The molecule has 0 aliphatic carbocycles. The minimum atomic E-state index is -1.06. The Bertz CT molecular complexity index is 752. The third-order valence-electron chi connectivity index (χ3n) is 3.64. The minimum absolute atomic E-state index is 0.443. The zero-order chi connectivity index (χ0) is 18.4. The Balaban J connectivity index is 2.64. The lowest BCUT2D eigenvalue weighted by molar-refractivity contribution is -0.131. The van der Waals surface area contributed by atoms with Crippen molar-refractivity contribution in [2.45, 2.75) is 0 Å². The molecule has 0 spiro atoms. The second-order valence-electron chi connectivity index (χ2n) is 5.04. The molecule has 0 atom stereocenters. The summed E-state index contributed by atoms with van der Waals surface area (Å²) in [5, 5.41) is 9.27. The van der Waals surface area contributed by atoms with E-state index in [1.807, 2.05) is 0 Å². The van der Waals surface area contributed by atoms with E-state index >= 15 is 0 Å². The molecule has 0 aliphatic rings. The van der Waals surface area contributed by atoms with Crippen molar-refractivity contribution in [1.29, 1.82) is 0 Å². The predicted molar refractivity (Wildman–Crippen MR) is 93.8 cm³/mol. The number of hydrogen-bond acceptors (Lipinski definition) is 5. The fourth-order valence-corrected chi connectivity index (χ4v) is 2.46. The van der Waals surface area contributed by atoms with Gasteiger partial charge in [-0.2, -0.15) is 0 Å². The van der Waals surface area contributed by atoms with E-state index < -0.39 is 5.97 Å². The van der Waals surface area contributed by atoms with Gasteiger partial charge in [-0.05, 0) is 41.0 Å². The van der Waals surface area contributed by atoms with Crippen LogP contribution in [0.4, 0.5) is 0 Å². The first kappa shape index (κ1) is 18.2. The topological polar surface area (TPSA) is 74.2 Å². The highest BCUT2D eigenvalue weighted by atomic mass is 16.5. The summed E-state index contributed by atoms with van der Waals surface area (Å²) in [6.45, 7) is 0. The van der Waals surface area contributed by atoms with Gasteiger partial charge in [0.05, 0.1) is 28.4 Å². The second-order valence-corrected chi connectivity index (χ2v) is 5.04. The second kappa shape index (κ2) is 8.10. The summed E-state index contributed by atoms with van der Waals surface area (Å²) in [7, 11) is 6.10. The maximum atomic E-state index is 11.3. The van der Waals surface area contributed by atoms with Crippen molar-refractivity contribution in [2.24, 2.45) is 0 Å². The zero-order valence-electron chi connectivity index (χ0n) is 14.5. The first-order chi connectivity index (χ1) is 12.0. The molecule has 0 unspecified atom stereocenters. The van der Waals surface area contributed by atoms with E-state index in [9.17, 15) is 9.90 Å². The molecule has 0 saturated heterocycles. The minimum Gasteiger partial charge on any atom is -0.497 e.